The molecule has 3 aromatic rings. The molecule has 186 valence electrons. The molecule has 35 heavy (non-hydrogen) atoms. The molecule has 2 heterocycles. The summed E-state index contributed by atoms with van der Waals surface area (Å²) in [6.45, 7) is 4.76. The quantitative estimate of drug-likeness (QED) is 0.476. The first-order chi connectivity index (χ1) is 17.0. The molecule has 0 bridgehead atoms. The van der Waals surface area contributed by atoms with Crippen LogP contribution in [0.25, 0.3) is 11.4 Å². The van der Waals surface area contributed by atoms with Crippen LogP contribution in [0.1, 0.15) is 30.3 Å². The van der Waals surface area contributed by atoms with Gasteiger partial charge in [-0.15, -0.1) is 0 Å². The van der Waals surface area contributed by atoms with E-state index in [4.69, 9.17) is 9.26 Å². The second-order valence-electron chi connectivity index (χ2n) is 8.87. The highest BCUT2D eigenvalue weighted by molar-refractivity contribution is 5.76. The summed E-state index contributed by atoms with van der Waals surface area (Å²) in [6, 6.07) is 13.7. The molecule has 1 fully saturated rings. The lowest BCUT2D eigenvalue weighted by Gasteiger charge is -2.35. The van der Waals surface area contributed by atoms with Crippen molar-refractivity contribution in [2.45, 2.75) is 25.3 Å². The van der Waals surface area contributed by atoms with Gasteiger partial charge in [0.05, 0.1) is 13.2 Å². The number of rotatable bonds is 10. The number of ether oxygens (including phenoxy) is 1. The molecule has 0 spiro atoms. The highest BCUT2D eigenvalue weighted by atomic mass is 19.1. The largest absolute Gasteiger partial charge is 0.497 e. The maximum Gasteiger partial charge on any atom is 0.226 e. The molecule has 0 aliphatic carbocycles. The van der Waals surface area contributed by atoms with Gasteiger partial charge in [0.2, 0.25) is 17.6 Å². The van der Waals surface area contributed by atoms with Gasteiger partial charge in [-0.3, -0.25) is 9.69 Å². The molecular formula is C26H32FN5O3. The smallest absolute Gasteiger partial charge is 0.226 e. The van der Waals surface area contributed by atoms with E-state index < -0.39 is 0 Å². The Balaban J connectivity index is 1.31. The Kier molecular flexibility index (Phi) is 8.44. The fourth-order valence-corrected chi connectivity index (χ4v) is 4.10. The SMILES string of the molecule is COc1ccc(C(CN2CCN(C)CC2)NC(=O)CCCc2nc(-c3ccc(F)cc3)no2)cc1. The van der Waals surface area contributed by atoms with Crippen LogP contribution in [0.2, 0.25) is 0 Å². The van der Waals surface area contributed by atoms with Gasteiger partial charge in [0.25, 0.3) is 0 Å². The Hall–Kier alpha value is -3.30. The van der Waals surface area contributed by atoms with Crippen LogP contribution >= 0.6 is 0 Å². The summed E-state index contributed by atoms with van der Waals surface area (Å²) < 4.78 is 23.7. The number of amides is 1. The minimum Gasteiger partial charge on any atom is -0.497 e. The number of hydrogen-bond acceptors (Lipinski definition) is 7. The van der Waals surface area contributed by atoms with Crippen LogP contribution < -0.4 is 10.1 Å². The number of methoxy groups -OCH3 is 1. The van der Waals surface area contributed by atoms with Crippen molar-refractivity contribution in [3.63, 3.8) is 0 Å². The summed E-state index contributed by atoms with van der Waals surface area (Å²) >= 11 is 0. The van der Waals surface area contributed by atoms with Crippen LogP contribution in [0.3, 0.4) is 0 Å². The molecule has 0 saturated carbocycles. The number of benzene rings is 2. The van der Waals surface area contributed by atoms with E-state index in [9.17, 15) is 9.18 Å². The van der Waals surface area contributed by atoms with Crippen molar-refractivity contribution in [3.8, 4) is 17.1 Å². The van der Waals surface area contributed by atoms with Crippen LogP contribution in [0.15, 0.2) is 53.1 Å². The molecular weight excluding hydrogens is 449 g/mol. The van der Waals surface area contributed by atoms with Gasteiger partial charge in [-0.25, -0.2) is 4.39 Å². The Morgan fingerprint density at radius 2 is 1.83 bits per heavy atom. The van der Waals surface area contributed by atoms with Gasteiger partial charge in [-0.2, -0.15) is 4.98 Å². The number of carbonyl (C=O) groups excluding carboxylic acids is 1. The second-order valence-corrected chi connectivity index (χ2v) is 8.87. The molecule has 1 unspecified atom stereocenters. The van der Waals surface area contributed by atoms with E-state index in [2.05, 4.69) is 32.3 Å². The van der Waals surface area contributed by atoms with E-state index in [-0.39, 0.29) is 17.8 Å². The number of carbonyl (C=O) groups is 1. The first-order valence-corrected chi connectivity index (χ1v) is 11.9. The van der Waals surface area contributed by atoms with Crippen LogP contribution in [0.5, 0.6) is 5.75 Å². The summed E-state index contributed by atoms with van der Waals surface area (Å²) in [5, 5.41) is 7.17. The number of likely N-dealkylation sites (N-methyl/N-ethyl adjacent to an activating group) is 1. The van der Waals surface area contributed by atoms with E-state index in [1.807, 2.05) is 24.3 Å². The van der Waals surface area contributed by atoms with Crippen molar-refractivity contribution in [1.29, 1.82) is 0 Å². The van der Waals surface area contributed by atoms with Gasteiger partial charge in [-0.1, -0.05) is 17.3 Å². The average molecular weight is 482 g/mol. The normalized spacial score (nSPS) is 15.6. The number of halogens is 1. The molecule has 1 aromatic heterocycles. The summed E-state index contributed by atoms with van der Waals surface area (Å²) in [7, 11) is 3.77. The van der Waals surface area contributed by atoms with E-state index in [0.717, 1.165) is 44.0 Å². The number of piperazine rings is 1. The molecule has 1 atom stereocenters. The average Bonchev–Trinajstić information content (AvgIpc) is 3.34. The van der Waals surface area contributed by atoms with Crippen LogP contribution in [0.4, 0.5) is 4.39 Å². The molecule has 1 saturated heterocycles. The maximum absolute atomic E-state index is 13.1. The Labute approximate surface area is 205 Å². The standard InChI is InChI=1S/C26H32FN5O3/c1-31-14-16-32(17-15-31)18-23(19-8-12-22(34-2)13-9-19)28-24(33)4-3-5-25-29-26(30-35-25)20-6-10-21(27)11-7-20/h6-13,23H,3-5,14-18H2,1-2H3,(H,28,33). The van der Waals surface area contributed by atoms with Crippen molar-refractivity contribution >= 4 is 5.91 Å². The molecule has 8 nitrogen and oxygen atoms in total. The first kappa shape index (κ1) is 24.8. The number of nitrogens with one attached hydrogen (secondary N) is 1. The van der Waals surface area contributed by atoms with Gasteiger partial charge in [0, 0.05) is 51.1 Å². The Bertz CT molecular complexity index is 1080. The minimum atomic E-state index is -0.316. The predicted octanol–water partition coefficient (Wildman–Crippen LogP) is 3.31. The van der Waals surface area contributed by atoms with E-state index in [1.54, 1.807) is 19.2 Å². The molecule has 1 aliphatic heterocycles. The van der Waals surface area contributed by atoms with Crippen molar-refractivity contribution in [2.75, 3.05) is 46.9 Å². The summed E-state index contributed by atoms with van der Waals surface area (Å²) in [4.78, 5) is 21.9. The lowest BCUT2D eigenvalue weighted by atomic mass is 10.0. The monoisotopic (exact) mass is 481 g/mol. The Morgan fingerprint density at radius 1 is 1.11 bits per heavy atom. The zero-order valence-corrected chi connectivity index (χ0v) is 20.2. The van der Waals surface area contributed by atoms with E-state index >= 15 is 0 Å². The molecule has 1 N–H and O–H groups in total. The molecule has 1 amide bonds. The Morgan fingerprint density at radius 3 is 2.51 bits per heavy atom. The topological polar surface area (TPSA) is 83.7 Å². The van der Waals surface area contributed by atoms with Gasteiger partial charge < -0.3 is 19.5 Å². The number of hydrogen-bond donors (Lipinski definition) is 1. The van der Waals surface area contributed by atoms with Crippen molar-refractivity contribution in [1.82, 2.24) is 25.3 Å². The van der Waals surface area contributed by atoms with Gasteiger partial charge in [0.1, 0.15) is 11.6 Å². The molecule has 4 rings (SSSR count). The minimum absolute atomic E-state index is 0.0155. The van der Waals surface area contributed by atoms with Gasteiger partial charge in [0.15, 0.2) is 0 Å². The van der Waals surface area contributed by atoms with Crippen LogP contribution in [-0.4, -0.2) is 72.7 Å². The molecule has 2 aromatic carbocycles. The van der Waals surface area contributed by atoms with E-state index in [0.29, 0.717) is 36.5 Å². The van der Waals surface area contributed by atoms with E-state index in [1.165, 1.54) is 12.1 Å². The van der Waals surface area contributed by atoms with Crippen molar-refractivity contribution < 1.29 is 18.4 Å². The third kappa shape index (κ3) is 7.10. The number of nitrogens with zero attached hydrogens (tertiary/aromatic N) is 4. The van der Waals surface area contributed by atoms with Gasteiger partial charge in [-0.05, 0) is 55.4 Å². The zero-order valence-electron chi connectivity index (χ0n) is 20.2. The maximum atomic E-state index is 13.1. The molecule has 1 aliphatic rings. The van der Waals surface area contributed by atoms with Crippen LogP contribution in [0, 0.1) is 5.82 Å². The zero-order chi connectivity index (χ0) is 24.6. The highest BCUT2D eigenvalue weighted by Gasteiger charge is 2.21. The number of aryl methyl sites for hydroxylation is 1. The highest BCUT2D eigenvalue weighted by Crippen LogP contribution is 2.20. The number of aromatic nitrogens is 2. The fourth-order valence-electron chi connectivity index (χ4n) is 4.10. The van der Waals surface area contributed by atoms with Gasteiger partial charge >= 0.3 is 0 Å². The fraction of sp³-hybridized carbons (Fsp3) is 0.423. The summed E-state index contributed by atoms with van der Waals surface area (Å²) in [6.07, 6.45) is 1.43. The second kappa shape index (κ2) is 11.9. The lowest BCUT2D eigenvalue weighted by Crippen LogP contribution is -2.47. The first-order valence-electron chi connectivity index (χ1n) is 11.9. The summed E-state index contributed by atoms with van der Waals surface area (Å²) in [5.74, 6) is 1.33. The molecule has 9 heteroatoms. The third-order valence-corrected chi connectivity index (χ3v) is 6.26. The lowest BCUT2D eigenvalue weighted by molar-refractivity contribution is -0.122. The van der Waals surface area contributed by atoms with Crippen LogP contribution in [-0.2, 0) is 11.2 Å². The molecule has 0 radical (unpaired) electrons. The summed E-state index contributed by atoms with van der Waals surface area (Å²) in [5.41, 5.74) is 1.74. The van der Waals surface area contributed by atoms with Crippen molar-refractivity contribution in [3.05, 3.63) is 65.8 Å². The third-order valence-electron chi connectivity index (χ3n) is 6.26. The van der Waals surface area contributed by atoms with Crippen molar-refractivity contribution in [2.24, 2.45) is 0 Å². The predicted molar refractivity (Wildman–Crippen MR) is 130 cm³/mol.